The van der Waals surface area contributed by atoms with E-state index < -0.39 is 0 Å². The molecule has 1 aromatic carbocycles. The first kappa shape index (κ1) is 12.0. The van der Waals surface area contributed by atoms with Crippen molar-refractivity contribution in [3.05, 3.63) is 29.4 Å². The van der Waals surface area contributed by atoms with E-state index in [0.29, 0.717) is 0 Å². The molecule has 0 fully saturated rings. The van der Waals surface area contributed by atoms with Gasteiger partial charge in [0.2, 0.25) is 4.96 Å². The van der Waals surface area contributed by atoms with Crippen molar-refractivity contribution >= 4 is 16.3 Å². The van der Waals surface area contributed by atoms with Gasteiger partial charge in [0.1, 0.15) is 16.5 Å². The lowest BCUT2D eigenvalue weighted by atomic mass is 10.1. The Morgan fingerprint density at radius 1 is 1.21 bits per heavy atom. The number of fused-ring (bicyclic) bond motifs is 1. The molecule has 19 heavy (non-hydrogen) atoms. The fourth-order valence-corrected chi connectivity index (χ4v) is 2.66. The molecule has 0 spiro atoms. The normalized spacial score (nSPS) is 10.9. The second kappa shape index (κ2) is 4.55. The molecule has 0 N–H and O–H groups in total. The first-order valence-electron chi connectivity index (χ1n) is 5.76. The number of ether oxygens (including phenoxy) is 2. The number of benzene rings is 1. The van der Waals surface area contributed by atoms with Crippen LogP contribution in [0, 0.1) is 6.92 Å². The Kier molecular flexibility index (Phi) is 2.87. The average molecular weight is 275 g/mol. The monoisotopic (exact) mass is 275 g/mol. The van der Waals surface area contributed by atoms with E-state index in [1.165, 1.54) is 0 Å². The predicted octanol–water partition coefficient (Wildman–Crippen LogP) is 2.78. The summed E-state index contributed by atoms with van der Waals surface area (Å²) in [5.74, 6) is 1.50. The fraction of sp³-hybridized carbons (Fsp3) is 0.231. The van der Waals surface area contributed by atoms with Gasteiger partial charge in [-0.15, -0.1) is 0 Å². The molecule has 98 valence electrons. The van der Waals surface area contributed by atoms with E-state index in [9.17, 15) is 0 Å². The predicted molar refractivity (Wildman–Crippen MR) is 74.1 cm³/mol. The molecule has 0 aliphatic rings. The van der Waals surface area contributed by atoms with Crippen LogP contribution >= 0.6 is 11.3 Å². The molecule has 0 bridgehead atoms. The van der Waals surface area contributed by atoms with Gasteiger partial charge in [-0.3, -0.25) is 0 Å². The van der Waals surface area contributed by atoms with E-state index >= 15 is 0 Å². The molecule has 0 aliphatic carbocycles. The molecule has 3 aromatic rings. The molecule has 2 aromatic heterocycles. The Bertz CT molecular complexity index is 701. The van der Waals surface area contributed by atoms with E-state index in [0.717, 1.165) is 32.7 Å². The van der Waals surface area contributed by atoms with Gasteiger partial charge in [0.25, 0.3) is 0 Å². The number of hydrogen-bond donors (Lipinski definition) is 0. The molecular weight excluding hydrogens is 262 g/mol. The SMILES string of the molecule is COc1ccc(-c2cn3nc(C)sc3n2)c(OC)c1. The number of nitrogens with zero attached hydrogens (tertiary/aromatic N) is 3. The number of imidazole rings is 1. The van der Waals surface area contributed by atoms with Crippen molar-refractivity contribution < 1.29 is 9.47 Å². The highest BCUT2D eigenvalue weighted by molar-refractivity contribution is 7.16. The lowest BCUT2D eigenvalue weighted by Crippen LogP contribution is -1.90. The van der Waals surface area contributed by atoms with Crippen molar-refractivity contribution in [1.82, 2.24) is 14.6 Å². The molecule has 2 heterocycles. The van der Waals surface area contributed by atoms with Crippen molar-refractivity contribution in [3.8, 4) is 22.8 Å². The molecule has 3 rings (SSSR count). The van der Waals surface area contributed by atoms with Crippen molar-refractivity contribution in [2.75, 3.05) is 14.2 Å². The minimum absolute atomic E-state index is 0.738. The van der Waals surface area contributed by atoms with Gasteiger partial charge in [0.15, 0.2) is 0 Å². The summed E-state index contributed by atoms with van der Waals surface area (Å²) in [6.07, 6.45) is 1.91. The number of methoxy groups -OCH3 is 2. The highest BCUT2D eigenvalue weighted by Crippen LogP contribution is 2.33. The van der Waals surface area contributed by atoms with Gasteiger partial charge in [0, 0.05) is 11.6 Å². The number of aryl methyl sites for hydroxylation is 1. The van der Waals surface area contributed by atoms with E-state index in [1.54, 1.807) is 30.1 Å². The summed E-state index contributed by atoms with van der Waals surface area (Å²) < 4.78 is 12.4. The van der Waals surface area contributed by atoms with E-state index in [4.69, 9.17) is 9.47 Å². The third-order valence-electron chi connectivity index (χ3n) is 2.83. The fourth-order valence-electron chi connectivity index (χ4n) is 1.94. The zero-order chi connectivity index (χ0) is 13.4. The number of rotatable bonds is 3. The first-order chi connectivity index (χ1) is 9.21. The van der Waals surface area contributed by atoms with Crippen LogP contribution in [0.15, 0.2) is 24.4 Å². The molecular formula is C13H13N3O2S. The average Bonchev–Trinajstić information content (AvgIpc) is 2.94. The van der Waals surface area contributed by atoms with Crippen LogP contribution in [0.1, 0.15) is 5.01 Å². The van der Waals surface area contributed by atoms with Crippen LogP contribution in [0.5, 0.6) is 11.5 Å². The molecule has 6 heteroatoms. The summed E-state index contributed by atoms with van der Waals surface area (Å²) in [7, 11) is 3.27. The van der Waals surface area contributed by atoms with Crippen LogP contribution < -0.4 is 9.47 Å². The van der Waals surface area contributed by atoms with Crippen LogP contribution in [-0.4, -0.2) is 28.8 Å². The topological polar surface area (TPSA) is 48.7 Å². The Morgan fingerprint density at radius 3 is 2.74 bits per heavy atom. The molecule has 0 saturated heterocycles. The lowest BCUT2D eigenvalue weighted by molar-refractivity contribution is 0.395. The molecule has 0 radical (unpaired) electrons. The van der Waals surface area contributed by atoms with Crippen molar-refractivity contribution in [2.45, 2.75) is 6.92 Å². The van der Waals surface area contributed by atoms with Gasteiger partial charge < -0.3 is 9.47 Å². The summed E-state index contributed by atoms with van der Waals surface area (Å²) in [6, 6.07) is 5.68. The zero-order valence-corrected chi connectivity index (χ0v) is 11.7. The lowest BCUT2D eigenvalue weighted by Gasteiger charge is -2.08. The quantitative estimate of drug-likeness (QED) is 0.737. The van der Waals surface area contributed by atoms with Gasteiger partial charge in [0.05, 0.1) is 26.1 Å². The minimum atomic E-state index is 0.738. The van der Waals surface area contributed by atoms with Crippen LogP contribution in [0.3, 0.4) is 0 Å². The molecule has 0 unspecified atom stereocenters. The van der Waals surface area contributed by atoms with Gasteiger partial charge >= 0.3 is 0 Å². The van der Waals surface area contributed by atoms with Gasteiger partial charge in [-0.2, -0.15) is 5.10 Å². The van der Waals surface area contributed by atoms with Crippen molar-refractivity contribution in [2.24, 2.45) is 0 Å². The number of aromatic nitrogens is 3. The highest BCUT2D eigenvalue weighted by atomic mass is 32.1. The molecule has 0 amide bonds. The van der Waals surface area contributed by atoms with Crippen LogP contribution in [0.2, 0.25) is 0 Å². The van der Waals surface area contributed by atoms with Crippen LogP contribution in [-0.2, 0) is 0 Å². The van der Waals surface area contributed by atoms with E-state index in [1.807, 2.05) is 31.3 Å². The van der Waals surface area contributed by atoms with E-state index in [-0.39, 0.29) is 0 Å². The van der Waals surface area contributed by atoms with Crippen molar-refractivity contribution in [1.29, 1.82) is 0 Å². The van der Waals surface area contributed by atoms with Gasteiger partial charge in [-0.25, -0.2) is 9.50 Å². The van der Waals surface area contributed by atoms with Gasteiger partial charge in [-0.05, 0) is 19.1 Å². The second-order valence-corrected chi connectivity index (χ2v) is 5.20. The standard InChI is InChI=1S/C13H13N3O2S/c1-8-15-16-7-11(14-13(16)19-8)10-5-4-9(17-2)6-12(10)18-3/h4-7H,1-3H3. The summed E-state index contributed by atoms with van der Waals surface area (Å²) in [4.78, 5) is 5.45. The summed E-state index contributed by atoms with van der Waals surface area (Å²) >= 11 is 1.56. The Hall–Kier alpha value is -2.08. The molecule has 0 atom stereocenters. The molecule has 5 nitrogen and oxygen atoms in total. The maximum Gasteiger partial charge on any atom is 0.212 e. The summed E-state index contributed by atoms with van der Waals surface area (Å²) in [5.41, 5.74) is 1.77. The second-order valence-electron chi connectivity index (χ2n) is 4.04. The summed E-state index contributed by atoms with van der Waals surface area (Å²) in [6.45, 7) is 1.97. The highest BCUT2D eigenvalue weighted by Gasteiger charge is 2.12. The van der Waals surface area contributed by atoms with Gasteiger partial charge in [-0.1, -0.05) is 11.3 Å². The van der Waals surface area contributed by atoms with Crippen LogP contribution in [0.4, 0.5) is 0 Å². The van der Waals surface area contributed by atoms with Crippen LogP contribution in [0.25, 0.3) is 16.2 Å². The Labute approximate surface area is 114 Å². The maximum atomic E-state index is 5.39. The zero-order valence-electron chi connectivity index (χ0n) is 10.9. The third kappa shape index (κ3) is 2.04. The summed E-state index contributed by atoms with van der Waals surface area (Å²) in [5, 5.41) is 5.35. The maximum absolute atomic E-state index is 5.39. The smallest absolute Gasteiger partial charge is 0.212 e. The Morgan fingerprint density at radius 2 is 2.05 bits per heavy atom. The number of hydrogen-bond acceptors (Lipinski definition) is 5. The minimum Gasteiger partial charge on any atom is -0.497 e. The molecule has 0 aliphatic heterocycles. The molecule has 0 saturated carbocycles. The first-order valence-corrected chi connectivity index (χ1v) is 6.58. The third-order valence-corrected chi connectivity index (χ3v) is 3.67. The Balaban J connectivity index is 2.11. The largest absolute Gasteiger partial charge is 0.497 e. The van der Waals surface area contributed by atoms with Crippen molar-refractivity contribution in [3.63, 3.8) is 0 Å². The van der Waals surface area contributed by atoms with E-state index in [2.05, 4.69) is 10.1 Å².